The largest absolute Gasteiger partial charge is 0.272 e. The summed E-state index contributed by atoms with van der Waals surface area (Å²) in [5.41, 5.74) is 0.0841. The Morgan fingerprint density at radius 2 is 2.00 bits per heavy atom. The van der Waals surface area contributed by atoms with E-state index in [0.29, 0.717) is 5.56 Å². The summed E-state index contributed by atoms with van der Waals surface area (Å²) < 4.78 is 13.9. The third-order valence-corrected chi connectivity index (χ3v) is 3.09. The summed E-state index contributed by atoms with van der Waals surface area (Å²) in [6, 6.07) is 8.09. The normalized spacial score (nSPS) is 11.5. The number of benzene rings is 1. The third kappa shape index (κ3) is 3.04. The molecule has 0 N–H and O–H groups in total. The maximum absolute atomic E-state index is 13.9. The van der Waals surface area contributed by atoms with E-state index >= 15 is 0 Å². The number of non-ortho nitro benzene ring substituents is 1. The predicted octanol–water partition coefficient (Wildman–Crippen LogP) is 3.76. The molecule has 0 saturated carbocycles. The van der Waals surface area contributed by atoms with Gasteiger partial charge >= 0.3 is 0 Å². The first-order valence-electron chi connectivity index (χ1n) is 5.69. The molecule has 1 heterocycles. The van der Waals surface area contributed by atoms with Crippen LogP contribution in [0.15, 0.2) is 42.7 Å². The lowest BCUT2D eigenvalue weighted by atomic mass is 10.0. The molecule has 21 heavy (non-hydrogen) atoms. The third-order valence-electron chi connectivity index (χ3n) is 2.70. The van der Waals surface area contributed by atoms with Gasteiger partial charge in [0.25, 0.3) is 5.69 Å². The molecule has 0 unspecified atom stereocenters. The van der Waals surface area contributed by atoms with Gasteiger partial charge in [-0.3, -0.25) is 15.1 Å². The van der Waals surface area contributed by atoms with Gasteiger partial charge in [-0.1, -0.05) is 11.6 Å². The Balaban J connectivity index is 2.57. The molecule has 104 valence electrons. The monoisotopic (exact) mass is 303 g/mol. The predicted molar refractivity (Wildman–Crippen MR) is 75.6 cm³/mol. The zero-order valence-corrected chi connectivity index (χ0v) is 11.2. The fourth-order valence-electron chi connectivity index (χ4n) is 1.69. The molecule has 0 saturated heterocycles. The lowest BCUT2D eigenvalue weighted by Crippen LogP contribution is -1.94. The number of halogens is 2. The second-order valence-corrected chi connectivity index (χ2v) is 4.34. The van der Waals surface area contributed by atoms with Gasteiger partial charge in [-0.15, -0.1) is 0 Å². The van der Waals surface area contributed by atoms with Crippen molar-refractivity contribution < 1.29 is 9.31 Å². The van der Waals surface area contributed by atoms with Crippen molar-refractivity contribution in [3.63, 3.8) is 0 Å². The minimum Gasteiger partial charge on any atom is -0.265 e. The number of rotatable bonds is 3. The summed E-state index contributed by atoms with van der Waals surface area (Å²) in [4.78, 5) is 13.7. The summed E-state index contributed by atoms with van der Waals surface area (Å²) in [5.74, 6) is -0.865. The van der Waals surface area contributed by atoms with Crippen LogP contribution in [0.4, 0.5) is 10.1 Å². The number of nitro benzene ring substituents is 1. The Morgan fingerprint density at radius 1 is 1.33 bits per heavy atom. The second-order valence-electron chi connectivity index (χ2n) is 3.96. The van der Waals surface area contributed by atoms with Crippen LogP contribution in [0.1, 0.15) is 11.1 Å². The number of nitro groups is 1. The summed E-state index contributed by atoms with van der Waals surface area (Å²) in [7, 11) is 0. The lowest BCUT2D eigenvalue weighted by molar-refractivity contribution is -0.385. The first-order chi connectivity index (χ1) is 10.0. The fraction of sp³-hybridized carbons (Fsp3) is 0. The van der Waals surface area contributed by atoms with Gasteiger partial charge in [-0.05, 0) is 23.8 Å². The van der Waals surface area contributed by atoms with Crippen molar-refractivity contribution in [2.75, 3.05) is 0 Å². The zero-order chi connectivity index (χ0) is 15.4. The van der Waals surface area contributed by atoms with E-state index in [4.69, 9.17) is 11.6 Å². The van der Waals surface area contributed by atoms with Crippen LogP contribution in [0.25, 0.3) is 10.6 Å². The first-order valence-corrected chi connectivity index (χ1v) is 6.07. The lowest BCUT2D eigenvalue weighted by Gasteiger charge is -2.05. The van der Waals surface area contributed by atoms with Crippen molar-refractivity contribution in [2.45, 2.75) is 0 Å². The maximum Gasteiger partial charge on any atom is 0.272 e. The number of aromatic nitrogens is 1. The molecule has 0 aliphatic heterocycles. The van der Waals surface area contributed by atoms with Crippen LogP contribution in [0.5, 0.6) is 0 Å². The van der Waals surface area contributed by atoms with E-state index in [0.717, 1.165) is 12.1 Å². The van der Waals surface area contributed by atoms with E-state index in [1.165, 1.54) is 18.5 Å². The highest BCUT2D eigenvalue weighted by Gasteiger charge is 2.16. The van der Waals surface area contributed by atoms with E-state index in [-0.39, 0.29) is 21.9 Å². The molecule has 0 radical (unpaired) electrons. The van der Waals surface area contributed by atoms with Gasteiger partial charge in [-0.2, -0.15) is 5.26 Å². The molecule has 1 aromatic heterocycles. The first kappa shape index (κ1) is 14.6. The van der Waals surface area contributed by atoms with Crippen molar-refractivity contribution in [2.24, 2.45) is 0 Å². The van der Waals surface area contributed by atoms with E-state index in [9.17, 15) is 19.8 Å². The Hall–Kier alpha value is -2.78. The summed E-state index contributed by atoms with van der Waals surface area (Å²) in [6.45, 7) is 0. The number of pyridine rings is 1. The van der Waals surface area contributed by atoms with E-state index in [2.05, 4.69) is 4.98 Å². The van der Waals surface area contributed by atoms with Crippen LogP contribution in [0.2, 0.25) is 0 Å². The smallest absolute Gasteiger partial charge is 0.265 e. The molecule has 0 amide bonds. The number of nitriles is 1. The Bertz CT molecular complexity index is 770. The van der Waals surface area contributed by atoms with Gasteiger partial charge in [0.2, 0.25) is 0 Å². The van der Waals surface area contributed by atoms with Crippen LogP contribution in [-0.2, 0) is 0 Å². The molecule has 0 spiro atoms. The summed E-state index contributed by atoms with van der Waals surface area (Å²) >= 11 is 6.07. The number of hydrogen-bond acceptors (Lipinski definition) is 4. The van der Waals surface area contributed by atoms with Gasteiger partial charge in [0, 0.05) is 24.0 Å². The standard InChI is InChI=1S/C14H7ClFN3O2/c15-14(12(8-17)9-3-5-18-6-4-9)11-2-1-10(19(20)21)7-13(11)16/h1-7H/b14-12+. The molecule has 7 heteroatoms. The molecule has 2 aromatic rings. The molecule has 0 atom stereocenters. The highest BCUT2D eigenvalue weighted by atomic mass is 35.5. The highest BCUT2D eigenvalue weighted by Crippen LogP contribution is 2.32. The van der Waals surface area contributed by atoms with Crippen molar-refractivity contribution in [3.8, 4) is 6.07 Å². The van der Waals surface area contributed by atoms with Gasteiger partial charge in [0.1, 0.15) is 11.9 Å². The van der Waals surface area contributed by atoms with Gasteiger partial charge < -0.3 is 0 Å². The summed E-state index contributed by atoms with van der Waals surface area (Å²) in [5, 5.41) is 19.7. The van der Waals surface area contributed by atoms with Crippen LogP contribution in [0, 0.1) is 27.3 Å². The molecule has 2 rings (SSSR count). The van der Waals surface area contributed by atoms with E-state index in [1.807, 2.05) is 6.07 Å². The van der Waals surface area contributed by atoms with E-state index < -0.39 is 10.7 Å². The number of hydrogen-bond donors (Lipinski definition) is 0. The van der Waals surface area contributed by atoms with Crippen LogP contribution in [0.3, 0.4) is 0 Å². The van der Waals surface area contributed by atoms with Crippen molar-refractivity contribution in [1.29, 1.82) is 5.26 Å². The Kier molecular flexibility index (Phi) is 4.26. The fourth-order valence-corrected chi connectivity index (χ4v) is 1.99. The molecule has 0 aliphatic carbocycles. The molecule has 1 aromatic carbocycles. The quantitative estimate of drug-likeness (QED) is 0.491. The molecule has 0 aliphatic rings. The molecule has 0 fully saturated rings. The number of allylic oxidation sites excluding steroid dienone is 1. The summed E-state index contributed by atoms with van der Waals surface area (Å²) in [6.07, 6.45) is 2.95. The van der Waals surface area contributed by atoms with Crippen LogP contribution < -0.4 is 0 Å². The molecular weight excluding hydrogens is 297 g/mol. The van der Waals surface area contributed by atoms with Crippen molar-refractivity contribution in [3.05, 3.63) is 69.8 Å². The molecule has 0 bridgehead atoms. The SMILES string of the molecule is N#C/C(=C(\Cl)c1ccc([N+](=O)[O-])cc1F)c1ccncc1. The molecular formula is C14H7ClFN3O2. The van der Waals surface area contributed by atoms with Gasteiger partial charge in [0.15, 0.2) is 0 Å². The minimum absolute atomic E-state index is 0.0619. The van der Waals surface area contributed by atoms with Gasteiger partial charge in [0.05, 0.1) is 21.6 Å². The Morgan fingerprint density at radius 3 is 2.52 bits per heavy atom. The average molecular weight is 304 g/mol. The van der Waals surface area contributed by atoms with Crippen LogP contribution >= 0.6 is 11.6 Å². The minimum atomic E-state index is -0.865. The highest BCUT2D eigenvalue weighted by molar-refractivity contribution is 6.53. The zero-order valence-electron chi connectivity index (χ0n) is 10.5. The van der Waals surface area contributed by atoms with E-state index in [1.54, 1.807) is 12.1 Å². The second kappa shape index (κ2) is 6.11. The topological polar surface area (TPSA) is 79.8 Å². The Labute approximate surface area is 124 Å². The van der Waals surface area contributed by atoms with Crippen molar-refractivity contribution >= 4 is 27.9 Å². The van der Waals surface area contributed by atoms with Crippen molar-refractivity contribution in [1.82, 2.24) is 4.98 Å². The maximum atomic E-state index is 13.9. The average Bonchev–Trinajstić information content (AvgIpc) is 2.48. The number of nitrogens with zero attached hydrogens (tertiary/aromatic N) is 3. The van der Waals surface area contributed by atoms with Crippen LogP contribution in [-0.4, -0.2) is 9.91 Å². The molecule has 5 nitrogen and oxygen atoms in total. The van der Waals surface area contributed by atoms with Gasteiger partial charge in [-0.25, -0.2) is 4.39 Å².